The normalized spacial score (nSPS) is 12.5. The minimum absolute atomic E-state index is 0.0947. The molecule has 21 heavy (non-hydrogen) atoms. The molecule has 1 unspecified atom stereocenters. The van der Waals surface area contributed by atoms with E-state index in [1.54, 1.807) is 0 Å². The number of aryl methyl sites for hydroxylation is 1. The van der Waals surface area contributed by atoms with Gasteiger partial charge in [-0.1, -0.05) is 42.0 Å². The molecule has 0 spiro atoms. The Labute approximate surface area is 124 Å². The summed E-state index contributed by atoms with van der Waals surface area (Å²) in [7, 11) is 0. The highest BCUT2D eigenvalue weighted by Crippen LogP contribution is 2.22. The van der Waals surface area contributed by atoms with Gasteiger partial charge in [0.05, 0.1) is 11.6 Å². The summed E-state index contributed by atoms with van der Waals surface area (Å²) in [6.07, 6.45) is 2.68. The van der Waals surface area contributed by atoms with Gasteiger partial charge < -0.3 is 0 Å². The fourth-order valence-electron chi connectivity index (χ4n) is 2.54. The SMILES string of the molecule is Cc1ccc(CC(NN)c2ccc3ncccc3c2)cc1. The molecule has 106 valence electrons. The first-order valence-corrected chi connectivity index (χ1v) is 7.12. The molecule has 2 aromatic carbocycles. The second kappa shape index (κ2) is 6.04. The number of nitrogens with one attached hydrogen (secondary N) is 1. The van der Waals surface area contributed by atoms with Crippen LogP contribution < -0.4 is 11.3 Å². The maximum atomic E-state index is 5.76. The molecule has 0 aliphatic heterocycles. The summed E-state index contributed by atoms with van der Waals surface area (Å²) < 4.78 is 0. The summed E-state index contributed by atoms with van der Waals surface area (Å²) in [5, 5.41) is 1.14. The topological polar surface area (TPSA) is 50.9 Å². The van der Waals surface area contributed by atoms with Gasteiger partial charge in [-0.2, -0.15) is 0 Å². The minimum atomic E-state index is 0.0947. The van der Waals surface area contributed by atoms with E-state index in [4.69, 9.17) is 5.84 Å². The largest absolute Gasteiger partial charge is 0.271 e. The lowest BCUT2D eigenvalue weighted by molar-refractivity contribution is 0.552. The fourth-order valence-corrected chi connectivity index (χ4v) is 2.54. The van der Waals surface area contributed by atoms with Gasteiger partial charge in [0.15, 0.2) is 0 Å². The summed E-state index contributed by atoms with van der Waals surface area (Å²) in [4.78, 5) is 4.35. The van der Waals surface area contributed by atoms with Crippen molar-refractivity contribution < 1.29 is 0 Å². The van der Waals surface area contributed by atoms with Crippen LogP contribution in [0.4, 0.5) is 0 Å². The van der Waals surface area contributed by atoms with Crippen molar-refractivity contribution >= 4 is 10.9 Å². The van der Waals surface area contributed by atoms with Gasteiger partial charge in [-0.3, -0.25) is 16.3 Å². The number of rotatable bonds is 4. The van der Waals surface area contributed by atoms with Gasteiger partial charge in [0, 0.05) is 11.6 Å². The van der Waals surface area contributed by atoms with Gasteiger partial charge in [-0.25, -0.2) is 0 Å². The van der Waals surface area contributed by atoms with Crippen LogP contribution in [0.15, 0.2) is 60.8 Å². The first kappa shape index (κ1) is 13.7. The Morgan fingerprint density at radius 1 is 1.10 bits per heavy atom. The number of nitrogens with zero attached hydrogens (tertiary/aromatic N) is 1. The molecule has 0 radical (unpaired) electrons. The zero-order valence-corrected chi connectivity index (χ0v) is 12.1. The number of aromatic nitrogens is 1. The van der Waals surface area contributed by atoms with Gasteiger partial charge in [0.2, 0.25) is 0 Å². The quantitative estimate of drug-likeness (QED) is 0.568. The number of hydrogen-bond acceptors (Lipinski definition) is 3. The molecule has 1 heterocycles. The van der Waals surface area contributed by atoms with Gasteiger partial charge in [0.25, 0.3) is 0 Å². The van der Waals surface area contributed by atoms with Crippen molar-refractivity contribution in [1.82, 2.24) is 10.4 Å². The van der Waals surface area contributed by atoms with Crippen LogP contribution in [0.3, 0.4) is 0 Å². The lowest BCUT2D eigenvalue weighted by Gasteiger charge is -2.17. The third-order valence-electron chi connectivity index (χ3n) is 3.79. The molecule has 1 aromatic heterocycles. The van der Waals surface area contributed by atoms with Gasteiger partial charge >= 0.3 is 0 Å². The molecule has 0 aliphatic rings. The summed E-state index contributed by atoms with van der Waals surface area (Å²) in [6.45, 7) is 2.10. The third kappa shape index (κ3) is 3.10. The Balaban J connectivity index is 1.88. The zero-order valence-electron chi connectivity index (χ0n) is 12.1. The first-order chi connectivity index (χ1) is 10.3. The van der Waals surface area contributed by atoms with Crippen LogP contribution in [0.5, 0.6) is 0 Å². The Kier molecular flexibility index (Phi) is 3.95. The van der Waals surface area contributed by atoms with Crippen molar-refractivity contribution in [1.29, 1.82) is 0 Å². The van der Waals surface area contributed by atoms with Crippen LogP contribution in [0, 0.1) is 6.92 Å². The average molecular weight is 277 g/mol. The van der Waals surface area contributed by atoms with Crippen LogP contribution in [0.25, 0.3) is 10.9 Å². The van der Waals surface area contributed by atoms with E-state index in [1.165, 1.54) is 16.7 Å². The molecule has 0 bridgehead atoms. The second-order valence-electron chi connectivity index (χ2n) is 5.36. The maximum Gasteiger partial charge on any atom is 0.0702 e. The molecule has 3 nitrogen and oxygen atoms in total. The molecule has 0 saturated heterocycles. The molecule has 0 aliphatic carbocycles. The molecule has 3 N–H and O–H groups in total. The molecule has 0 amide bonds. The molecular formula is C18H19N3. The van der Waals surface area contributed by atoms with Crippen molar-refractivity contribution in [2.75, 3.05) is 0 Å². The molecule has 1 atom stereocenters. The number of pyridine rings is 1. The lowest BCUT2D eigenvalue weighted by Crippen LogP contribution is -2.29. The van der Waals surface area contributed by atoms with E-state index in [2.05, 4.69) is 59.8 Å². The van der Waals surface area contributed by atoms with Gasteiger partial charge in [-0.15, -0.1) is 0 Å². The Morgan fingerprint density at radius 2 is 1.90 bits per heavy atom. The Morgan fingerprint density at radius 3 is 2.67 bits per heavy atom. The summed E-state index contributed by atoms with van der Waals surface area (Å²) >= 11 is 0. The van der Waals surface area contributed by atoms with Crippen LogP contribution in [0.1, 0.15) is 22.7 Å². The van der Waals surface area contributed by atoms with E-state index in [-0.39, 0.29) is 6.04 Å². The van der Waals surface area contributed by atoms with Crippen molar-refractivity contribution in [2.45, 2.75) is 19.4 Å². The molecule has 3 rings (SSSR count). The number of hydrazine groups is 1. The Bertz CT molecular complexity index is 735. The number of benzene rings is 2. The molecular weight excluding hydrogens is 258 g/mol. The summed E-state index contributed by atoms with van der Waals surface area (Å²) in [5.74, 6) is 5.76. The van der Waals surface area contributed by atoms with E-state index in [0.29, 0.717) is 0 Å². The number of fused-ring (bicyclic) bond motifs is 1. The Hall–Kier alpha value is -2.23. The number of nitrogens with two attached hydrogens (primary N) is 1. The third-order valence-corrected chi connectivity index (χ3v) is 3.79. The standard InChI is InChI=1S/C18H19N3/c1-13-4-6-14(7-5-13)11-18(21-19)16-8-9-17-15(12-16)3-2-10-20-17/h2-10,12,18,21H,11,19H2,1H3. The predicted octanol–water partition coefficient (Wildman–Crippen LogP) is 3.29. The first-order valence-electron chi connectivity index (χ1n) is 7.12. The molecule has 3 heteroatoms. The second-order valence-corrected chi connectivity index (χ2v) is 5.36. The van der Waals surface area contributed by atoms with Crippen molar-refractivity contribution in [3.05, 3.63) is 77.5 Å². The highest BCUT2D eigenvalue weighted by atomic mass is 15.2. The van der Waals surface area contributed by atoms with E-state index in [9.17, 15) is 0 Å². The molecule has 0 fully saturated rings. The summed E-state index contributed by atoms with van der Waals surface area (Å²) in [5.41, 5.74) is 7.66. The van der Waals surface area contributed by atoms with E-state index < -0.39 is 0 Å². The van der Waals surface area contributed by atoms with Gasteiger partial charge in [-0.05, 0) is 42.7 Å². The van der Waals surface area contributed by atoms with Crippen LogP contribution in [-0.2, 0) is 6.42 Å². The average Bonchev–Trinajstić information content (AvgIpc) is 2.54. The highest BCUT2D eigenvalue weighted by Gasteiger charge is 2.11. The monoisotopic (exact) mass is 277 g/mol. The minimum Gasteiger partial charge on any atom is -0.271 e. The maximum absolute atomic E-state index is 5.76. The number of hydrogen-bond donors (Lipinski definition) is 2. The molecule has 3 aromatic rings. The van der Waals surface area contributed by atoms with E-state index in [0.717, 1.165) is 17.3 Å². The van der Waals surface area contributed by atoms with Crippen LogP contribution >= 0.6 is 0 Å². The summed E-state index contributed by atoms with van der Waals surface area (Å²) in [6, 6.07) is 19.0. The van der Waals surface area contributed by atoms with Crippen LogP contribution in [0.2, 0.25) is 0 Å². The fraction of sp³-hybridized carbons (Fsp3) is 0.167. The van der Waals surface area contributed by atoms with Gasteiger partial charge in [0.1, 0.15) is 0 Å². The predicted molar refractivity (Wildman–Crippen MR) is 86.7 cm³/mol. The zero-order chi connectivity index (χ0) is 14.7. The molecule has 0 saturated carbocycles. The van der Waals surface area contributed by atoms with E-state index >= 15 is 0 Å². The highest BCUT2D eigenvalue weighted by molar-refractivity contribution is 5.79. The van der Waals surface area contributed by atoms with Crippen molar-refractivity contribution in [2.24, 2.45) is 5.84 Å². The van der Waals surface area contributed by atoms with Crippen molar-refractivity contribution in [3.8, 4) is 0 Å². The van der Waals surface area contributed by atoms with E-state index in [1.807, 2.05) is 18.3 Å². The van der Waals surface area contributed by atoms with Crippen molar-refractivity contribution in [3.63, 3.8) is 0 Å². The lowest BCUT2D eigenvalue weighted by atomic mass is 9.97. The van der Waals surface area contributed by atoms with Crippen LogP contribution in [-0.4, -0.2) is 4.98 Å². The smallest absolute Gasteiger partial charge is 0.0702 e.